The quantitative estimate of drug-likeness (QED) is 0.791. The Hall–Kier alpha value is -0.810. The second-order valence-electron chi connectivity index (χ2n) is 5.27. The van der Waals surface area contributed by atoms with Crippen molar-refractivity contribution in [3.8, 4) is 0 Å². The number of thioether (sulfide) groups is 1. The van der Waals surface area contributed by atoms with Crippen LogP contribution in [0, 0.1) is 0 Å². The third-order valence-electron chi connectivity index (χ3n) is 3.52. The van der Waals surface area contributed by atoms with Gasteiger partial charge in [-0.1, -0.05) is 19.1 Å². The van der Waals surface area contributed by atoms with Crippen LogP contribution in [0.2, 0.25) is 0 Å². The van der Waals surface area contributed by atoms with Gasteiger partial charge in [-0.3, -0.25) is 0 Å². The second-order valence-corrected chi connectivity index (χ2v) is 7.03. The maximum Gasteiger partial charge on any atom is 0.136 e. The molecule has 110 valence electrons. The summed E-state index contributed by atoms with van der Waals surface area (Å²) >= 11 is 7.11. The fourth-order valence-corrected chi connectivity index (χ4v) is 3.33. The molecule has 1 atom stereocenters. The van der Waals surface area contributed by atoms with Crippen molar-refractivity contribution in [3.05, 3.63) is 22.9 Å². The Balaban J connectivity index is 2.23. The summed E-state index contributed by atoms with van der Waals surface area (Å²) in [7, 11) is 0. The summed E-state index contributed by atoms with van der Waals surface area (Å²) in [6, 6.07) is 2.51. The van der Waals surface area contributed by atoms with Crippen molar-refractivity contribution in [2.45, 2.75) is 45.6 Å². The van der Waals surface area contributed by atoms with Gasteiger partial charge in [0, 0.05) is 17.5 Å². The van der Waals surface area contributed by atoms with Gasteiger partial charge in [0.05, 0.1) is 5.56 Å². The van der Waals surface area contributed by atoms with Crippen molar-refractivity contribution in [1.29, 1.82) is 0 Å². The molecule has 1 unspecified atom stereocenters. The molecule has 0 spiro atoms. The number of thiocarbonyl (C=S) groups is 1. The molecule has 0 saturated heterocycles. The number of aryl methyl sites for hydroxylation is 2. The molecule has 0 radical (unpaired) electrons. The van der Waals surface area contributed by atoms with E-state index < -0.39 is 0 Å². The Morgan fingerprint density at radius 1 is 1.50 bits per heavy atom. The number of hydrogen-bond acceptors (Lipinski definition) is 4. The number of nitrogens with one attached hydrogen (secondary N) is 1. The van der Waals surface area contributed by atoms with E-state index in [1.165, 1.54) is 24.1 Å². The molecule has 0 amide bonds. The molecule has 20 heavy (non-hydrogen) atoms. The van der Waals surface area contributed by atoms with Crippen molar-refractivity contribution in [2.24, 2.45) is 5.73 Å². The highest BCUT2D eigenvalue weighted by Gasteiger charge is 2.17. The third-order valence-corrected chi connectivity index (χ3v) is 4.89. The van der Waals surface area contributed by atoms with Crippen LogP contribution in [0.5, 0.6) is 0 Å². The van der Waals surface area contributed by atoms with E-state index in [4.69, 9.17) is 22.9 Å². The first-order valence-corrected chi connectivity index (χ1v) is 8.85. The summed E-state index contributed by atoms with van der Waals surface area (Å²) < 4.78 is 0. The lowest BCUT2D eigenvalue weighted by molar-refractivity contribution is 0.667. The number of rotatable bonds is 6. The normalized spacial score (nSPS) is 15.5. The molecule has 3 nitrogen and oxygen atoms in total. The lowest BCUT2D eigenvalue weighted by Gasteiger charge is -2.21. The molecular weight excluding hydrogens is 286 g/mol. The number of fused-ring (bicyclic) bond motifs is 1. The van der Waals surface area contributed by atoms with Gasteiger partial charge in [-0.15, -0.1) is 0 Å². The lowest BCUT2D eigenvalue weighted by atomic mass is 9.94. The smallest absolute Gasteiger partial charge is 0.136 e. The van der Waals surface area contributed by atoms with Crippen molar-refractivity contribution < 1.29 is 0 Å². The topological polar surface area (TPSA) is 50.9 Å². The van der Waals surface area contributed by atoms with Gasteiger partial charge in [0.2, 0.25) is 0 Å². The number of pyridine rings is 1. The Kier molecular flexibility index (Phi) is 5.66. The maximum atomic E-state index is 5.87. The summed E-state index contributed by atoms with van der Waals surface area (Å²) in [5, 5.41) is 3.48. The number of aromatic nitrogens is 1. The summed E-state index contributed by atoms with van der Waals surface area (Å²) in [6.07, 6.45) is 4.63. The zero-order valence-corrected chi connectivity index (χ0v) is 13.9. The first-order chi connectivity index (χ1) is 9.61. The molecule has 3 N–H and O–H groups in total. The van der Waals surface area contributed by atoms with Gasteiger partial charge in [-0.05, 0) is 50.0 Å². The predicted octanol–water partition coefficient (Wildman–Crippen LogP) is 3.15. The van der Waals surface area contributed by atoms with E-state index in [2.05, 4.69) is 25.2 Å². The van der Waals surface area contributed by atoms with E-state index in [9.17, 15) is 0 Å². The van der Waals surface area contributed by atoms with Crippen LogP contribution in [0.4, 0.5) is 5.82 Å². The van der Waals surface area contributed by atoms with Crippen molar-refractivity contribution in [3.63, 3.8) is 0 Å². The highest BCUT2D eigenvalue weighted by Crippen LogP contribution is 2.25. The highest BCUT2D eigenvalue weighted by molar-refractivity contribution is 7.99. The molecule has 1 heterocycles. The van der Waals surface area contributed by atoms with Crippen LogP contribution < -0.4 is 11.1 Å². The van der Waals surface area contributed by atoms with Gasteiger partial charge in [0.1, 0.15) is 10.8 Å². The van der Waals surface area contributed by atoms with E-state index in [1.54, 1.807) is 0 Å². The largest absolute Gasteiger partial charge is 0.389 e. The lowest BCUT2D eigenvalue weighted by Crippen LogP contribution is -2.24. The van der Waals surface area contributed by atoms with E-state index in [0.29, 0.717) is 11.0 Å². The van der Waals surface area contributed by atoms with Crippen molar-refractivity contribution in [1.82, 2.24) is 4.98 Å². The highest BCUT2D eigenvalue weighted by atomic mass is 32.2. The van der Waals surface area contributed by atoms with Gasteiger partial charge in [-0.2, -0.15) is 11.8 Å². The average molecular weight is 310 g/mol. The minimum atomic E-state index is 0.363. The second kappa shape index (κ2) is 7.27. The van der Waals surface area contributed by atoms with Crippen LogP contribution >= 0.6 is 24.0 Å². The van der Waals surface area contributed by atoms with Crippen molar-refractivity contribution in [2.75, 3.05) is 16.8 Å². The van der Waals surface area contributed by atoms with Crippen LogP contribution in [0.15, 0.2) is 6.07 Å². The monoisotopic (exact) mass is 309 g/mol. The molecule has 1 aromatic rings. The minimum Gasteiger partial charge on any atom is -0.389 e. The summed E-state index contributed by atoms with van der Waals surface area (Å²) in [4.78, 5) is 5.23. The van der Waals surface area contributed by atoms with E-state index in [1.807, 2.05) is 11.8 Å². The number of nitrogens with zero attached hydrogens (tertiary/aromatic N) is 1. The van der Waals surface area contributed by atoms with Gasteiger partial charge >= 0.3 is 0 Å². The van der Waals surface area contributed by atoms with Crippen LogP contribution in [0.25, 0.3) is 0 Å². The predicted molar refractivity (Wildman–Crippen MR) is 92.9 cm³/mol. The van der Waals surface area contributed by atoms with Gasteiger partial charge in [0.15, 0.2) is 0 Å². The van der Waals surface area contributed by atoms with Crippen molar-refractivity contribution >= 4 is 34.8 Å². The Labute approximate surface area is 131 Å². The molecule has 0 aliphatic heterocycles. The fraction of sp³-hybridized carbons (Fsp3) is 0.600. The minimum absolute atomic E-state index is 0.363. The Morgan fingerprint density at radius 3 is 2.95 bits per heavy atom. The van der Waals surface area contributed by atoms with E-state index in [-0.39, 0.29) is 0 Å². The van der Waals surface area contributed by atoms with Crippen LogP contribution in [-0.2, 0) is 12.8 Å². The molecule has 0 aromatic carbocycles. The molecule has 2 rings (SSSR count). The van der Waals surface area contributed by atoms with Gasteiger partial charge < -0.3 is 11.1 Å². The first kappa shape index (κ1) is 15.6. The third kappa shape index (κ3) is 3.85. The molecule has 0 bridgehead atoms. The molecule has 0 saturated carbocycles. The first-order valence-electron chi connectivity index (χ1n) is 7.28. The number of nitrogens with two attached hydrogens (primary N) is 1. The Bertz CT molecular complexity index is 488. The molecule has 1 aromatic heterocycles. The molecule has 5 heteroatoms. The zero-order chi connectivity index (χ0) is 14.5. The number of hydrogen-bond donors (Lipinski definition) is 2. The molecule has 1 aliphatic rings. The Morgan fingerprint density at radius 2 is 2.25 bits per heavy atom. The van der Waals surface area contributed by atoms with E-state index in [0.717, 1.165) is 35.7 Å². The summed E-state index contributed by atoms with van der Waals surface area (Å²) in [5.74, 6) is 3.06. The maximum absolute atomic E-state index is 5.87. The number of anilines is 1. The van der Waals surface area contributed by atoms with E-state index >= 15 is 0 Å². The SMILES string of the molecule is CCSCC(C)Nc1nc2c(cc1C(N)=S)CCCC2. The van der Waals surface area contributed by atoms with Crippen LogP contribution in [-0.4, -0.2) is 27.5 Å². The zero-order valence-electron chi connectivity index (χ0n) is 12.2. The molecular formula is C15H23N3S2. The molecule has 1 aliphatic carbocycles. The standard InChI is InChI=1S/C15H23N3S2/c1-3-20-9-10(2)17-15-12(14(16)19)8-11-6-4-5-7-13(11)18-15/h8,10H,3-7,9H2,1-2H3,(H2,16,19)(H,17,18). The van der Waals surface area contributed by atoms with Gasteiger partial charge in [-0.25, -0.2) is 4.98 Å². The van der Waals surface area contributed by atoms with Crippen LogP contribution in [0.3, 0.4) is 0 Å². The summed E-state index contributed by atoms with van der Waals surface area (Å²) in [6.45, 7) is 4.35. The fourth-order valence-electron chi connectivity index (χ4n) is 2.50. The van der Waals surface area contributed by atoms with Gasteiger partial charge in [0.25, 0.3) is 0 Å². The average Bonchev–Trinajstić information content (AvgIpc) is 2.44. The summed E-state index contributed by atoms with van der Waals surface area (Å²) in [5.41, 5.74) is 9.30. The van der Waals surface area contributed by atoms with Crippen LogP contribution in [0.1, 0.15) is 43.5 Å². The molecule has 0 fully saturated rings.